The second kappa shape index (κ2) is 3.33. The summed E-state index contributed by atoms with van der Waals surface area (Å²) in [5.41, 5.74) is 1.18. The Bertz CT molecular complexity index is 242. The van der Waals surface area contributed by atoms with E-state index in [2.05, 4.69) is 10.4 Å². The lowest BCUT2D eigenvalue weighted by Crippen LogP contribution is -1.86. The Hall–Kier alpha value is 0.270. The molecule has 1 aliphatic rings. The molecular formula is C7H8ClNS2. The molecule has 2 rings (SSSR count). The van der Waals surface area contributed by atoms with Crippen LogP contribution in [0.15, 0.2) is 5.38 Å². The average Bonchev–Trinajstić information content (AvgIpc) is 2.55. The van der Waals surface area contributed by atoms with Gasteiger partial charge in [-0.25, -0.2) is 4.98 Å². The molecule has 0 N–H and O–H groups in total. The molecule has 1 atom stereocenters. The van der Waals surface area contributed by atoms with Crippen molar-refractivity contribution in [1.82, 2.24) is 4.98 Å². The molecule has 0 aliphatic carbocycles. The minimum atomic E-state index is 0.624. The Morgan fingerprint density at radius 1 is 1.64 bits per heavy atom. The lowest BCUT2D eigenvalue weighted by Gasteiger charge is -2.01. The molecule has 11 heavy (non-hydrogen) atoms. The number of aromatic nitrogens is 1. The van der Waals surface area contributed by atoms with Crippen LogP contribution in [0.3, 0.4) is 0 Å². The third kappa shape index (κ3) is 1.71. The first kappa shape index (κ1) is 7.90. The first-order chi connectivity index (χ1) is 5.36. The summed E-state index contributed by atoms with van der Waals surface area (Å²) in [7, 11) is 0. The molecule has 2 heterocycles. The van der Waals surface area contributed by atoms with E-state index in [1.807, 2.05) is 11.8 Å². The lowest BCUT2D eigenvalue weighted by atomic mass is 10.2. The molecule has 1 saturated heterocycles. The monoisotopic (exact) mass is 205 g/mol. The van der Waals surface area contributed by atoms with E-state index in [0.29, 0.717) is 9.72 Å². The third-order valence-electron chi connectivity index (χ3n) is 1.75. The molecule has 0 spiro atoms. The SMILES string of the molecule is Clc1nc(C2CCCS2)cs1. The molecule has 0 saturated carbocycles. The van der Waals surface area contributed by atoms with Crippen LogP contribution in [0.1, 0.15) is 23.8 Å². The highest BCUT2D eigenvalue weighted by Crippen LogP contribution is 2.40. The Morgan fingerprint density at radius 3 is 3.09 bits per heavy atom. The molecule has 0 bridgehead atoms. The maximum absolute atomic E-state index is 5.74. The Kier molecular flexibility index (Phi) is 2.39. The van der Waals surface area contributed by atoms with Crippen LogP contribution in [-0.4, -0.2) is 10.7 Å². The first-order valence-corrected chi connectivity index (χ1v) is 5.89. The molecule has 0 amide bonds. The van der Waals surface area contributed by atoms with Crippen LogP contribution in [0.4, 0.5) is 0 Å². The Balaban J connectivity index is 2.15. The smallest absolute Gasteiger partial charge is 0.183 e. The van der Waals surface area contributed by atoms with Gasteiger partial charge in [0.15, 0.2) is 4.47 Å². The van der Waals surface area contributed by atoms with Crippen LogP contribution in [0, 0.1) is 0 Å². The predicted octanol–water partition coefficient (Wildman–Crippen LogP) is 3.36. The standard InChI is InChI=1S/C7H8ClNS2/c8-7-9-5(4-11-7)6-2-1-3-10-6/h4,6H,1-3H2. The van der Waals surface area contributed by atoms with Gasteiger partial charge < -0.3 is 0 Å². The number of thiazole rings is 1. The number of hydrogen-bond donors (Lipinski definition) is 0. The zero-order valence-corrected chi connectivity index (χ0v) is 8.31. The summed E-state index contributed by atoms with van der Waals surface area (Å²) in [5.74, 6) is 1.28. The fourth-order valence-corrected chi connectivity index (χ4v) is 3.38. The average molecular weight is 206 g/mol. The van der Waals surface area contributed by atoms with Crippen molar-refractivity contribution in [3.05, 3.63) is 15.5 Å². The van der Waals surface area contributed by atoms with Gasteiger partial charge in [0, 0.05) is 10.6 Å². The molecule has 1 aromatic rings. The van der Waals surface area contributed by atoms with Crippen LogP contribution >= 0.6 is 34.7 Å². The normalized spacial score (nSPS) is 24.3. The van der Waals surface area contributed by atoms with E-state index in [4.69, 9.17) is 11.6 Å². The molecule has 60 valence electrons. The van der Waals surface area contributed by atoms with Gasteiger partial charge in [-0.15, -0.1) is 11.3 Å². The highest BCUT2D eigenvalue weighted by molar-refractivity contribution is 7.99. The van der Waals surface area contributed by atoms with Gasteiger partial charge in [-0.1, -0.05) is 11.6 Å². The van der Waals surface area contributed by atoms with Gasteiger partial charge in [0.2, 0.25) is 0 Å². The van der Waals surface area contributed by atoms with Crippen LogP contribution in [0.2, 0.25) is 4.47 Å². The number of halogens is 1. The van der Waals surface area contributed by atoms with E-state index < -0.39 is 0 Å². The van der Waals surface area contributed by atoms with Gasteiger partial charge in [0.1, 0.15) is 0 Å². The maximum Gasteiger partial charge on any atom is 0.183 e. The molecule has 1 aliphatic heterocycles. The van der Waals surface area contributed by atoms with Crippen molar-refractivity contribution in [2.45, 2.75) is 18.1 Å². The van der Waals surface area contributed by atoms with E-state index >= 15 is 0 Å². The lowest BCUT2D eigenvalue weighted by molar-refractivity contribution is 0.812. The number of rotatable bonds is 1. The molecule has 1 unspecified atom stereocenters. The van der Waals surface area contributed by atoms with Crippen LogP contribution < -0.4 is 0 Å². The van der Waals surface area contributed by atoms with Crippen molar-refractivity contribution >= 4 is 34.7 Å². The van der Waals surface area contributed by atoms with Crippen molar-refractivity contribution in [3.8, 4) is 0 Å². The minimum Gasteiger partial charge on any atom is -0.229 e. The van der Waals surface area contributed by atoms with Crippen LogP contribution in [0.5, 0.6) is 0 Å². The van der Waals surface area contributed by atoms with E-state index in [9.17, 15) is 0 Å². The molecule has 1 aromatic heterocycles. The largest absolute Gasteiger partial charge is 0.229 e. The molecule has 0 radical (unpaired) electrons. The van der Waals surface area contributed by atoms with Gasteiger partial charge in [-0.2, -0.15) is 11.8 Å². The maximum atomic E-state index is 5.74. The van der Waals surface area contributed by atoms with E-state index in [1.54, 1.807) is 0 Å². The summed E-state index contributed by atoms with van der Waals surface area (Å²) in [5, 5.41) is 2.70. The molecular weight excluding hydrogens is 198 g/mol. The summed E-state index contributed by atoms with van der Waals surface area (Å²) in [4.78, 5) is 4.26. The minimum absolute atomic E-state index is 0.624. The molecule has 1 fully saturated rings. The number of thioether (sulfide) groups is 1. The summed E-state index contributed by atoms with van der Waals surface area (Å²) in [6, 6.07) is 0. The van der Waals surface area contributed by atoms with Crippen molar-refractivity contribution in [2.75, 3.05) is 5.75 Å². The number of hydrogen-bond acceptors (Lipinski definition) is 3. The zero-order chi connectivity index (χ0) is 7.68. The fourth-order valence-electron chi connectivity index (χ4n) is 1.22. The molecule has 0 aromatic carbocycles. The van der Waals surface area contributed by atoms with Gasteiger partial charge >= 0.3 is 0 Å². The van der Waals surface area contributed by atoms with Crippen molar-refractivity contribution in [2.24, 2.45) is 0 Å². The Morgan fingerprint density at radius 2 is 2.55 bits per heavy atom. The molecule has 4 heteroatoms. The van der Waals surface area contributed by atoms with Crippen molar-refractivity contribution < 1.29 is 0 Å². The highest BCUT2D eigenvalue weighted by Gasteiger charge is 2.19. The number of nitrogens with zero attached hydrogens (tertiary/aromatic N) is 1. The van der Waals surface area contributed by atoms with Crippen molar-refractivity contribution in [1.29, 1.82) is 0 Å². The Labute approximate surface area is 79.2 Å². The van der Waals surface area contributed by atoms with E-state index in [1.165, 1.54) is 35.6 Å². The second-order valence-electron chi connectivity index (χ2n) is 2.53. The summed E-state index contributed by atoms with van der Waals surface area (Å²) >= 11 is 9.26. The van der Waals surface area contributed by atoms with Gasteiger partial charge in [0.05, 0.1) is 5.69 Å². The van der Waals surface area contributed by atoms with E-state index in [0.717, 1.165) is 0 Å². The van der Waals surface area contributed by atoms with Gasteiger partial charge in [0.25, 0.3) is 0 Å². The second-order valence-corrected chi connectivity index (χ2v) is 5.28. The third-order valence-corrected chi connectivity index (χ3v) is 4.15. The van der Waals surface area contributed by atoms with Crippen molar-refractivity contribution in [3.63, 3.8) is 0 Å². The van der Waals surface area contributed by atoms with E-state index in [-0.39, 0.29) is 0 Å². The van der Waals surface area contributed by atoms with Crippen LogP contribution in [-0.2, 0) is 0 Å². The van der Waals surface area contributed by atoms with Crippen LogP contribution in [0.25, 0.3) is 0 Å². The predicted molar refractivity (Wildman–Crippen MR) is 51.6 cm³/mol. The fraction of sp³-hybridized carbons (Fsp3) is 0.571. The first-order valence-electron chi connectivity index (χ1n) is 3.59. The van der Waals surface area contributed by atoms with Gasteiger partial charge in [-0.05, 0) is 18.6 Å². The quantitative estimate of drug-likeness (QED) is 0.698. The van der Waals surface area contributed by atoms with Gasteiger partial charge in [-0.3, -0.25) is 0 Å². The zero-order valence-electron chi connectivity index (χ0n) is 5.92. The topological polar surface area (TPSA) is 12.9 Å². The summed E-state index contributed by atoms with van der Waals surface area (Å²) < 4.78 is 0.674. The highest BCUT2D eigenvalue weighted by atomic mass is 35.5. The summed E-state index contributed by atoms with van der Waals surface area (Å²) in [6.07, 6.45) is 2.59. The molecule has 1 nitrogen and oxygen atoms in total. The summed E-state index contributed by atoms with van der Waals surface area (Å²) in [6.45, 7) is 0.